The van der Waals surface area contributed by atoms with Crippen molar-refractivity contribution in [2.24, 2.45) is 0 Å². The summed E-state index contributed by atoms with van der Waals surface area (Å²) in [4.78, 5) is 12.8. The molecule has 0 saturated carbocycles. The zero-order valence-corrected chi connectivity index (χ0v) is 15.7. The molecule has 1 fully saturated rings. The van der Waals surface area contributed by atoms with E-state index in [1.165, 1.54) is 5.56 Å². The van der Waals surface area contributed by atoms with E-state index in [-0.39, 0.29) is 11.9 Å². The van der Waals surface area contributed by atoms with E-state index in [0.717, 1.165) is 48.6 Å². The number of aromatic nitrogens is 1. The number of carbonyl (C=O) groups is 1. The largest absolute Gasteiger partial charge is 0.349 e. The van der Waals surface area contributed by atoms with E-state index in [1.54, 1.807) is 0 Å². The maximum absolute atomic E-state index is 12.8. The van der Waals surface area contributed by atoms with Crippen LogP contribution < -0.4 is 10.6 Å². The van der Waals surface area contributed by atoms with Crippen molar-refractivity contribution in [2.75, 3.05) is 13.1 Å². The number of benzene rings is 1. The zero-order chi connectivity index (χ0) is 18.0. The molecule has 0 radical (unpaired) electrons. The maximum Gasteiger partial charge on any atom is 0.253 e. The van der Waals surface area contributed by atoms with Crippen molar-refractivity contribution in [3.8, 4) is 5.69 Å². The van der Waals surface area contributed by atoms with Crippen LogP contribution in [0.25, 0.3) is 5.69 Å². The van der Waals surface area contributed by atoms with E-state index in [1.807, 2.05) is 13.0 Å². The topological polar surface area (TPSA) is 46.1 Å². The Morgan fingerprint density at radius 2 is 1.92 bits per heavy atom. The number of nitrogens with one attached hydrogen (secondary N) is 2. The van der Waals surface area contributed by atoms with Crippen LogP contribution >= 0.6 is 0 Å². The molecule has 2 heterocycles. The van der Waals surface area contributed by atoms with Gasteiger partial charge in [0.2, 0.25) is 0 Å². The van der Waals surface area contributed by atoms with Gasteiger partial charge < -0.3 is 15.2 Å². The second kappa shape index (κ2) is 7.44. The molecule has 0 atom stereocenters. The third kappa shape index (κ3) is 3.79. The van der Waals surface area contributed by atoms with Crippen LogP contribution in [0.1, 0.15) is 59.9 Å². The van der Waals surface area contributed by atoms with Crippen molar-refractivity contribution in [3.05, 3.63) is 52.8 Å². The summed E-state index contributed by atoms with van der Waals surface area (Å²) >= 11 is 0. The van der Waals surface area contributed by atoms with Gasteiger partial charge in [0, 0.05) is 23.1 Å². The SMILES string of the molecule is Cc1cc(C(=O)NC2CCNCC2)c(C)n1-c1cccc(C(C)C)c1. The Morgan fingerprint density at radius 1 is 1.20 bits per heavy atom. The molecule has 0 unspecified atom stereocenters. The molecule has 134 valence electrons. The minimum atomic E-state index is 0.0475. The molecule has 1 amide bonds. The van der Waals surface area contributed by atoms with Crippen LogP contribution in [0.2, 0.25) is 0 Å². The fourth-order valence-electron chi connectivity index (χ4n) is 3.64. The van der Waals surface area contributed by atoms with Crippen LogP contribution in [0.15, 0.2) is 30.3 Å². The van der Waals surface area contributed by atoms with E-state index < -0.39 is 0 Å². The monoisotopic (exact) mass is 339 g/mol. The first-order valence-electron chi connectivity index (χ1n) is 9.28. The first-order valence-corrected chi connectivity index (χ1v) is 9.28. The lowest BCUT2D eigenvalue weighted by molar-refractivity contribution is 0.0929. The molecular formula is C21H29N3O. The van der Waals surface area contributed by atoms with Gasteiger partial charge in [0.15, 0.2) is 0 Å². The van der Waals surface area contributed by atoms with Gasteiger partial charge in [0.05, 0.1) is 5.56 Å². The molecule has 3 rings (SSSR count). The van der Waals surface area contributed by atoms with Gasteiger partial charge in [-0.15, -0.1) is 0 Å². The van der Waals surface area contributed by atoms with Crippen LogP contribution in [-0.2, 0) is 0 Å². The average Bonchev–Trinajstić information content (AvgIpc) is 2.90. The van der Waals surface area contributed by atoms with E-state index in [2.05, 4.69) is 60.2 Å². The third-order valence-electron chi connectivity index (χ3n) is 5.15. The van der Waals surface area contributed by atoms with Gasteiger partial charge >= 0.3 is 0 Å². The highest BCUT2D eigenvalue weighted by molar-refractivity contribution is 5.96. The lowest BCUT2D eigenvalue weighted by Gasteiger charge is -2.23. The fraction of sp³-hybridized carbons (Fsp3) is 0.476. The molecule has 1 aliphatic rings. The molecule has 2 N–H and O–H groups in total. The first-order chi connectivity index (χ1) is 12.0. The van der Waals surface area contributed by atoms with Gasteiger partial charge in [-0.25, -0.2) is 0 Å². The number of hydrogen-bond acceptors (Lipinski definition) is 2. The Kier molecular flexibility index (Phi) is 5.28. The van der Waals surface area contributed by atoms with Crippen LogP contribution in [0, 0.1) is 13.8 Å². The molecule has 2 aromatic rings. The van der Waals surface area contributed by atoms with Gasteiger partial charge in [-0.1, -0.05) is 26.0 Å². The normalized spacial score (nSPS) is 15.6. The van der Waals surface area contributed by atoms with Gasteiger partial charge in [0.25, 0.3) is 5.91 Å². The minimum absolute atomic E-state index is 0.0475. The third-order valence-corrected chi connectivity index (χ3v) is 5.15. The summed E-state index contributed by atoms with van der Waals surface area (Å²) in [5.74, 6) is 0.532. The van der Waals surface area contributed by atoms with Crippen LogP contribution in [-0.4, -0.2) is 29.6 Å². The molecule has 1 aliphatic heterocycles. The molecule has 0 bridgehead atoms. The Balaban J connectivity index is 1.87. The van der Waals surface area contributed by atoms with Crippen molar-refractivity contribution in [1.82, 2.24) is 15.2 Å². The summed E-state index contributed by atoms with van der Waals surface area (Å²) in [7, 11) is 0. The zero-order valence-electron chi connectivity index (χ0n) is 15.7. The standard InChI is InChI=1S/C21H29N3O/c1-14(2)17-6-5-7-19(13-17)24-15(3)12-20(16(24)4)21(25)23-18-8-10-22-11-9-18/h5-7,12-14,18,22H,8-11H2,1-4H3,(H,23,25). The summed E-state index contributed by atoms with van der Waals surface area (Å²) in [5.41, 5.74) is 5.32. The van der Waals surface area contributed by atoms with Crippen LogP contribution in [0.4, 0.5) is 0 Å². The van der Waals surface area contributed by atoms with Crippen LogP contribution in [0.5, 0.6) is 0 Å². The van der Waals surface area contributed by atoms with Crippen molar-refractivity contribution in [3.63, 3.8) is 0 Å². The summed E-state index contributed by atoms with van der Waals surface area (Å²) in [6.45, 7) is 10.5. The molecule has 4 heteroatoms. The van der Waals surface area contributed by atoms with Crippen LogP contribution in [0.3, 0.4) is 0 Å². The quantitative estimate of drug-likeness (QED) is 0.892. The highest BCUT2D eigenvalue weighted by atomic mass is 16.1. The number of amides is 1. The van der Waals surface area contributed by atoms with Gasteiger partial charge in [-0.05, 0) is 69.5 Å². The Bertz CT molecular complexity index is 754. The van der Waals surface area contributed by atoms with Crippen molar-refractivity contribution in [2.45, 2.75) is 52.5 Å². The summed E-state index contributed by atoms with van der Waals surface area (Å²) in [6, 6.07) is 10.9. The summed E-state index contributed by atoms with van der Waals surface area (Å²) < 4.78 is 2.18. The Labute approximate surface area is 150 Å². The number of nitrogens with zero attached hydrogens (tertiary/aromatic N) is 1. The molecule has 4 nitrogen and oxygen atoms in total. The van der Waals surface area contributed by atoms with Gasteiger partial charge in [-0.2, -0.15) is 0 Å². The second-order valence-electron chi connectivity index (χ2n) is 7.37. The van der Waals surface area contributed by atoms with Gasteiger partial charge in [-0.3, -0.25) is 4.79 Å². The minimum Gasteiger partial charge on any atom is -0.349 e. The predicted molar refractivity (Wildman–Crippen MR) is 103 cm³/mol. The van der Waals surface area contributed by atoms with Crippen molar-refractivity contribution < 1.29 is 4.79 Å². The summed E-state index contributed by atoms with van der Waals surface area (Å²) in [5, 5.41) is 6.54. The number of rotatable bonds is 4. The molecule has 1 saturated heterocycles. The highest BCUT2D eigenvalue weighted by Gasteiger charge is 2.21. The van der Waals surface area contributed by atoms with E-state index in [4.69, 9.17) is 0 Å². The van der Waals surface area contributed by atoms with Gasteiger partial charge in [0.1, 0.15) is 0 Å². The molecule has 1 aromatic heterocycles. The van der Waals surface area contributed by atoms with Crippen molar-refractivity contribution >= 4 is 5.91 Å². The fourth-order valence-corrected chi connectivity index (χ4v) is 3.64. The number of carbonyl (C=O) groups excluding carboxylic acids is 1. The molecule has 0 aliphatic carbocycles. The smallest absolute Gasteiger partial charge is 0.253 e. The molecule has 1 aromatic carbocycles. The Hall–Kier alpha value is -2.07. The van der Waals surface area contributed by atoms with E-state index in [9.17, 15) is 4.79 Å². The second-order valence-corrected chi connectivity index (χ2v) is 7.37. The number of aryl methyl sites for hydroxylation is 1. The Morgan fingerprint density at radius 3 is 2.60 bits per heavy atom. The molecule has 0 spiro atoms. The molecular weight excluding hydrogens is 310 g/mol. The van der Waals surface area contributed by atoms with E-state index >= 15 is 0 Å². The van der Waals surface area contributed by atoms with Crippen molar-refractivity contribution in [1.29, 1.82) is 0 Å². The summed E-state index contributed by atoms with van der Waals surface area (Å²) in [6.07, 6.45) is 2.00. The number of hydrogen-bond donors (Lipinski definition) is 2. The molecule has 25 heavy (non-hydrogen) atoms. The predicted octanol–water partition coefficient (Wildman–Crippen LogP) is 3.70. The lowest BCUT2D eigenvalue weighted by Crippen LogP contribution is -2.42. The highest BCUT2D eigenvalue weighted by Crippen LogP contribution is 2.24. The van der Waals surface area contributed by atoms with E-state index in [0.29, 0.717) is 5.92 Å². The maximum atomic E-state index is 12.8. The lowest BCUT2D eigenvalue weighted by atomic mass is 10.0. The first kappa shape index (κ1) is 17.7. The number of piperidine rings is 1. The average molecular weight is 339 g/mol.